The summed E-state index contributed by atoms with van der Waals surface area (Å²) in [5, 5.41) is 6.92. The minimum absolute atomic E-state index is 0.385. The van der Waals surface area contributed by atoms with Crippen LogP contribution in [0, 0.1) is 0 Å². The lowest BCUT2D eigenvalue weighted by atomic mass is 10.1. The molecule has 0 spiro atoms. The molecule has 1 aliphatic heterocycles. The predicted molar refractivity (Wildman–Crippen MR) is 107 cm³/mol. The van der Waals surface area contributed by atoms with Gasteiger partial charge in [-0.05, 0) is 49.5 Å². The van der Waals surface area contributed by atoms with Gasteiger partial charge in [-0.1, -0.05) is 36.4 Å². The van der Waals surface area contributed by atoms with E-state index in [1.165, 1.54) is 37.1 Å². The van der Waals surface area contributed by atoms with E-state index in [0.29, 0.717) is 6.04 Å². The maximum atomic E-state index is 4.37. The summed E-state index contributed by atoms with van der Waals surface area (Å²) >= 11 is 0. The molecule has 5 heteroatoms. The third kappa shape index (κ3) is 5.30. The number of guanidine groups is 1. The molecule has 2 N–H and O–H groups in total. The Balaban J connectivity index is 1.53. The molecule has 0 bridgehead atoms. The first-order valence-corrected chi connectivity index (χ1v) is 9.49. The highest BCUT2D eigenvalue weighted by Crippen LogP contribution is 2.24. The predicted octanol–water partition coefficient (Wildman–Crippen LogP) is 2.63. The SMILES string of the molecule is CN=C(NCCc1cccnc1)NCC(c1ccccc1)N1CCCC1. The van der Waals surface area contributed by atoms with Crippen LogP contribution in [0.1, 0.15) is 30.0 Å². The molecule has 138 valence electrons. The van der Waals surface area contributed by atoms with Gasteiger partial charge in [0.25, 0.3) is 0 Å². The van der Waals surface area contributed by atoms with Gasteiger partial charge in [-0.2, -0.15) is 0 Å². The zero-order valence-corrected chi connectivity index (χ0v) is 15.6. The van der Waals surface area contributed by atoms with Crippen molar-refractivity contribution in [1.82, 2.24) is 20.5 Å². The Hall–Kier alpha value is -2.40. The van der Waals surface area contributed by atoms with Crippen molar-refractivity contribution in [2.75, 3.05) is 33.2 Å². The molecule has 1 aromatic heterocycles. The molecule has 1 saturated heterocycles. The van der Waals surface area contributed by atoms with Crippen LogP contribution in [0.2, 0.25) is 0 Å². The van der Waals surface area contributed by atoms with E-state index in [0.717, 1.165) is 25.5 Å². The van der Waals surface area contributed by atoms with Crippen LogP contribution in [0.15, 0.2) is 59.9 Å². The van der Waals surface area contributed by atoms with Gasteiger partial charge in [0.1, 0.15) is 0 Å². The number of benzene rings is 1. The van der Waals surface area contributed by atoms with E-state index < -0.39 is 0 Å². The quantitative estimate of drug-likeness (QED) is 0.595. The lowest BCUT2D eigenvalue weighted by Gasteiger charge is -2.29. The summed E-state index contributed by atoms with van der Waals surface area (Å²) in [4.78, 5) is 11.1. The molecule has 2 aromatic rings. The molecule has 3 rings (SSSR count). The number of hydrogen-bond donors (Lipinski definition) is 2. The van der Waals surface area contributed by atoms with E-state index in [4.69, 9.17) is 0 Å². The van der Waals surface area contributed by atoms with Crippen molar-refractivity contribution in [3.05, 3.63) is 66.0 Å². The fourth-order valence-corrected chi connectivity index (χ4v) is 3.47. The largest absolute Gasteiger partial charge is 0.356 e. The summed E-state index contributed by atoms with van der Waals surface area (Å²) in [6, 6.07) is 15.2. The maximum absolute atomic E-state index is 4.37. The molecular formula is C21H29N5. The smallest absolute Gasteiger partial charge is 0.191 e. The van der Waals surface area contributed by atoms with Gasteiger partial charge in [0.05, 0.1) is 6.04 Å². The van der Waals surface area contributed by atoms with Gasteiger partial charge in [-0.15, -0.1) is 0 Å². The number of pyridine rings is 1. The zero-order chi connectivity index (χ0) is 18.0. The second-order valence-corrected chi connectivity index (χ2v) is 6.66. The van der Waals surface area contributed by atoms with Crippen LogP contribution in [0.4, 0.5) is 0 Å². The average Bonchev–Trinajstić information content (AvgIpc) is 3.23. The zero-order valence-electron chi connectivity index (χ0n) is 15.6. The summed E-state index contributed by atoms with van der Waals surface area (Å²) in [6.45, 7) is 4.05. The molecular weight excluding hydrogens is 322 g/mol. The second-order valence-electron chi connectivity index (χ2n) is 6.66. The highest BCUT2D eigenvalue weighted by Gasteiger charge is 2.23. The standard InChI is InChI=1S/C21H29N5/c1-22-21(24-13-11-18-8-7-12-23-16-18)25-17-20(26-14-5-6-15-26)19-9-3-2-4-10-19/h2-4,7-10,12,16,20H,5-6,11,13-15,17H2,1H3,(H2,22,24,25). The molecule has 0 aliphatic carbocycles. The van der Waals surface area contributed by atoms with Crippen molar-refractivity contribution < 1.29 is 0 Å². The number of aliphatic imine (C=N–C) groups is 1. The van der Waals surface area contributed by atoms with Gasteiger partial charge >= 0.3 is 0 Å². The van der Waals surface area contributed by atoms with Gasteiger partial charge in [0, 0.05) is 32.5 Å². The number of hydrogen-bond acceptors (Lipinski definition) is 3. The Morgan fingerprint density at radius 2 is 1.92 bits per heavy atom. The fraction of sp³-hybridized carbons (Fsp3) is 0.429. The van der Waals surface area contributed by atoms with Gasteiger partial charge in [0.15, 0.2) is 5.96 Å². The van der Waals surface area contributed by atoms with Crippen LogP contribution < -0.4 is 10.6 Å². The fourth-order valence-electron chi connectivity index (χ4n) is 3.47. The number of aromatic nitrogens is 1. The minimum atomic E-state index is 0.385. The summed E-state index contributed by atoms with van der Waals surface area (Å²) in [5.74, 6) is 0.856. The molecule has 1 aliphatic rings. The van der Waals surface area contributed by atoms with Gasteiger partial charge < -0.3 is 10.6 Å². The Bertz CT molecular complexity index is 665. The molecule has 1 unspecified atom stereocenters. The molecule has 1 fully saturated rings. The van der Waals surface area contributed by atoms with Crippen molar-refractivity contribution in [3.63, 3.8) is 0 Å². The molecule has 1 aromatic carbocycles. The third-order valence-electron chi connectivity index (χ3n) is 4.88. The number of nitrogens with zero attached hydrogens (tertiary/aromatic N) is 3. The molecule has 26 heavy (non-hydrogen) atoms. The van der Waals surface area contributed by atoms with Crippen molar-refractivity contribution in [2.24, 2.45) is 4.99 Å². The Labute approximate surface area is 156 Å². The molecule has 2 heterocycles. The maximum Gasteiger partial charge on any atom is 0.191 e. The van der Waals surface area contributed by atoms with E-state index in [-0.39, 0.29) is 0 Å². The third-order valence-corrected chi connectivity index (χ3v) is 4.88. The van der Waals surface area contributed by atoms with Crippen LogP contribution in [0.3, 0.4) is 0 Å². The molecule has 0 saturated carbocycles. The van der Waals surface area contributed by atoms with Gasteiger partial charge in [-0.3, -0.25) is 14.9 Å². The average molecular weight is 351 g/mol. The van der Waals surface area contributed by atoms with Gasteiger partial charge in [0.2, 0.25) is 0 Å². The van der Waals surface area contributed by atoms with Crippen molar-refractivity contribution >= 4 is 5.96 Å². The van der Waals surface area contributed by atoms with Crippen LogP contribution in [0.25, 0.3) is 0 Å². The monoisotopic (exact) mass is 351 g/mol. The minimum Gasteiger partial charge on any atom is -0.356 e. The van der Waals surface area contributed by atoms with E-state index in [2.05, 4.69) is 61.9 Å². The van der Waals surface area contributed by atoms with Crippen LogP contribution in [-0.2, 0) is 6.42 Å². The number of rotatable bonds is 7. The Kier molecular flexibility index (Phi) is 7.02. The lowest BCUT2D eigenvalue weighted by molar-refractivity contribution is 0.245. The first kappa shape index (κ1) is 18.4. The van der Waals surface area contributed by atoms with E-state index >= 15 is 0 Å². The highest BCUT2D eigenvalue weighted by atomic mass is 15.2. The number of nitrogens with one attached hydrogen (secondary N) is 2. The topological polar surface area (TPSA) is 52.6 Å². The highest BCUT2D eigenvalue weighted by molar-refractivity contribution is 5.79. The summed E-state index contributed by atoms with van der Waals surface area (Å²) in [5.41, 5.74) is 2.60. The van der Waals surface area contributed by atoms with Crippen LogP contribution >= 0.6 is 0 Å². The van der Waals surface area contributed by atoms with E-state index in [1.807, 2.05) is 19.3 Å². The van der Waals surface area contributed by atoms with Crippen molar-refractivity contribution in [1.29, 1.82) is 0 Å². The molecule has 0 radical (unpaired) electrons. The Morgan fingerprint density at radius 1 is 1.12 bits per heavy atom. The molecule has 1 atom stereocenters. The van der Waals surface area contributed by atoms with Crippen molar-refractivity contribution in [2.45, 2.75) is 25.3 Å². The van der Waals surface area contributed by atoms with Gasteiger partial charge in [-0.25, -0.2) is 0 Å². The summed E-state index contributed by atoms with van der Waals surface area (Å²) < 4.78 is 0. The molecule has 5 nitrogen and oxygen atoms in total. The second kappa shape index (κ2) is 9.92. The van der Waals surface area contributed by atoms with Crippen LogP contribution in [-0.4, -0.2) is 49.1 Å². The summed E-state index contributed by atoms with van der Waals surface area (Å²) in [6.07, 6.45) is 7.24. The van der Waals surface area contributed by atoms with Crippen molar-refractivity contribution in [3.8, 4) is 0 Å². The molecule has 0 amide bonds. The van der Waals surface area contributed by atoms with Crippen LogP contribution in [0.5, 0.6) is 0 Å². The normalized spacial score (nSPS) is 16.4. The summed E-state index contributed by atoms with van der Waals surface area (Å²) in [7, 11) is 1.83. The Morgan fingerprint density at radius 3 is 2.62 bits per heavy atom. The first-order chi connectivity index (χ1) is 12.9. The van der Waals surface area contributed by atoms with E-state index in [9.17, 15) is 0 Å². The first-order valence-electron chi connectivity index (χ1n) is 9.49. The van der Waals surface area contributed by atoms with E-state index in [1.54, 1.807) is 6.20 Å². The number of likely N-dealkylation sites (tertiary alicyclic amines) is 1. The lowest BCUT2D eigenvalue weighted by Crippen LogP contribution is -2.43.